The van der Waals surface area contributed by atoms with Crippen LogP contribution in [-0.2, 0) is 14.3 Å². The summed E-state index contributed by atoms with van der Waals surface area (Å²) in [5, 5.41) is 0. The van der Waals surface area contributed by atoms with E-state index in [9.17, 15) is 9.59 Å². The number of alkyl halides is 1. The van der Waals surface area contributed by atoms with Crippen molar-refractivity contribution in [3.8, 4) is 0 Å². The van der Waals surface area contributed by atoms with Gasteiger partial charge in [-0.15, -0.1) is 0 Å². The van der Waals surface area contributed by atoms with Crippen LogP contribution in [0.15, 0.2) is 54.6 Å². The van der Waals surface area contributed by atoms with Crippen molar-refractivity contribution in [1.29, 1.82) is 0 Å². The molecule has 5 nitrogen and oxygen atoms in total. The summed E-state index contributed by atoms with van der Waals surface area (Å²) in [7, 11) is 0. The maximum atomic E-state index is 13.4. The van der Waals surface area contributed by atoms with Crippen LogP contribution in [0.2, 0.25) is 0 Å². The second-order valence-electron chi connectivity index (χ2n) is 9.00. The van der Waals surface area contributed by atoms with E-state index in [1.165, 1.54) is 14.8 Å². The minimum atomic E-state index is -0.482. The lowest BCUT2D eigenvalue weighted by Gasteiger charge is -2.40. The van der Waals surface area contributed by atoms with Crippen LogP contribution in [0.5, 0.6) is 0 Å². The molecule has 2 heterocycles. The van der Waals surface area contributed by atoms with Gasteiger partial charge in [0.05, 0.1) is 15.8 Å². The summed E-state index contributed by atoms with van der Waals surface area (Å²) in [5.41, 5.74) is 1.90. The molecule has 0 aromatic heterocycles. The molecule has 168 valence electrons. The van der Waals surface area contributed by atoms with Crippen molar-refractivity contribution in [2.24, 2.45) is 11.8 Å². The van der Waals surface area contributed by atoms with Gasteiger partial charge in [-0.25, -0.2) is 0 Å². The monoisotopic (exact) mass is 656 g/mol. The third-order valence-corrected chi connectivity index (χ3v) is 9.76. The van der Waals surface area contributed by atoms with Crippen molar-refractivity contribution in [2.45, 2.75) is 28.8 Å². The van der Waals surface area contributed by atoms with Gasteiger partial charge in [0.2, 0.25) is 5.91 Å². The molecule has 0 N–H and O–H groups in total. The van der Waals surface area contributed by atoms with Crippen LogP contribution in [0.1, 0.15) is 28.8 Å². The number of piperazine rings is 1. The summed E-state index contributed by atoms with van der Waals surface area (Å²) in [6.45, 7) is 3.05. The summed E-state index contributed by atoms with van der Waals surface area (Å²) in [5.74, 6) is -0.612. The Bertz CT molecular complexity index is 992. The Morgan fingerprint density at radius 1 is 1.03 bits per heavy atom. The number of carbonyl (C=O) groups is 2. The van der Waals surface area contributed by atoms with Crippen molar-refractivity contribution >= 4 is 62.7 Å². The van der Waals surface area contributed by atoms with E-state index in [4.69, 9.17) is 4.74 Å². The fourth-order valence-electron chi connectivity index (χ4n) is 5.41. The number of amides is 1. The van der Waals surface area contributed by atoms with E-state index in [-0.39, 0.29) is 27.6 Å². The minimum absolute atomic E-state index is 0.101. The van der Waals surface area contributed by atoms with Crippen LogP contribution in [0, 0.1) is 15.4 Å². The third kappa shape index (κ3) is 4.15. The number of hydrogen-bond donors (Lipinski definition) is 0. The SMILES string of the molecule is O=C1O[C@@]2(C(I)c3ccccc3)CC[C@H](C(=O)N3CCN(c4ccc(I)cc4)CC3)[C@@H]1C2. The van der Waals surface area contributed by atoms with E-state index in [0.717, 1.165) is 25.9 Å². The highest BCUT2D eigenvalue weighted by Gasteiger charge is 2.58. The number of halogens is 2. The Hall–Kier alpha value is -1.36. The first-order chi connectivity index (χ1) is 15.5. The molecule has 2 aromatic rings. The fraction of sp³-hybridized carbons (Fsp3) is 0.440. The number of fused-ring (bicyclic) bond motifs is 2. The van der Waals surface area contributed by atoms with Crippen LogP contribution in [0.25, 0.3) is 0 Å². The van der Waals surface area contributed by atoms with Gasteiger partial charge in [0, 0.05) is 41.9 Å². The van der Waals surface area contributed by atoms with Gasteiger partial charge in [0.25, 0.3) is 0 Å². The first-order valence-electron chi connectivity index (χ1n) is 11.2. The Morgan fingerprint density at radius 2 is 1.72 bits per heavy atom. The van der Waals surface area contributed by atoms with Gasteiger partial charge in [-0.1, -0.05) is 52.9 Å². The van der Waals surface area contributed by atoms with E-state index in [0.29, 0.717) is 19.5 Å². The zero-order chi connectivity index (χ0) is 22.3. The van der Waals surface area contributed by atoms with Gasteiger partial charge < -0.3 is 14.5 Å². The second-order valence-corrected chi connectivity index (χ2v) is 11.5. The number of benzene rings is 2. The topological polar surface area (TPSA) is 49.9 Å². The van der Waals surface area contributed by atoms with Crippen molar-refractivity contribution < 1.29 is 14.3 Å². The van der Waals surface area contributed by atoms with Gasteiger partial charge in [0.1, 0.15) is 5.60 Å². The van der Waals surface area contributed by atoms with Gasteiger partial charge >= 0.3 is 5.97 Å². The number of nitrogens with zero attached hydrogens (tertiary/aromatic N) is 2. The van der Waals surface area contributed by atoms with Crippen LogP contribution in [0.3, 0.4) is 0 Å². The van der Waals surface area contributed by atoms with Crippen molar-refractivity contribution in [1.82, 2.24) is 4.90 Å². The lowest BCUT2D eigenvalue weighted by Crippen LogP contribution is -2.52. The largest absolute Gasteiger partial charge is 0.457 e. The quantitative estimate of drug-likeness (QED) is 0.269. The first-order valence-corrected chi connectivity index (χ1v) is 13.5. The van der Waals surface area contributed by atoms with Crippen LogP contribution >= 0.6 is 45.2 Å². The molecule has 1 aliphatic carbocycles. The molecule has 1 amide bonds. The highest BCUT2D eigenvalue weighted by molar-refractivity contribution is 14.1. The molecule has 1 saturated carbocycles. The summed E-state index contributed by atoms with van der Waals surface area (Å²) in [6.07, 6.45) is 2.11. The smallest absolute Gasteiger partial charge is 0.310 e. The summed E-state index contributed by atoms with van der Waals surface area (Å²) < 4.78 is 7.34. The maximum absolute atomic E-state index is 13.4. The highest BCUT2D eigenvalue weighted by atomic mass is 127. The molecule has 0 spiro atoms. The zero-order valence-corrected chi connectivity index (χ0v) is 22.1. The van der Waals surface area contributed by atoms with E-state index in [1.807, 2.05) is 23.1 Å². The Labute approximate surface area is 216 Å². The summed E-state index contributed by atoms with van der Waals surface area (Å²) >= 11 is 4.73. The zero-order valence-electron chi connectivity index (χ0n) is 17.8. The molecular formula is C25H26I2N2O3. The van der Waals surface area contributed by atoms with Crippen molar-refractivity contribution in [3.63, 3.8) is 0 Å². The van der Waals surface area contributed by atoms with E-state index in [1.54, 1.807) is 0 Å². The molecule has 2 bridgehead atoms. The fourth-order valence-corrected chi connectivity index (χ4v) is 6.88. The Kier molecular flexibility index (Phi) is 6.39. The van der Waals surface area contributed by atoms with Crippen molar-refractivity contribution in [3.05, 3.63) is 63.7 Å². The van der Waals surface area contributed by atoms with Crippen LogP contribution in [0.4, 0.5) is 5.69 Å². The maximum Gasteiger partial charge on any atom is 0.310 e. The van der Waals surface area contributed by atoms with Gasteiger partial charge in [0.15, 0.2) is 0 Å². The molecule has 2 aromatic carbocycles. The predicted octanol–water partition coefficient (Wildman–Crippen LogP) is 4.83. The number of rotatable bonds is 4. The molecular weight excluding hydrogens is 630 g/mol. The Balaban J connectivity index is 1.24. The third-order valence-electron chi connectivity index (χ3n) is 7.19. The van der Waals surface area contributed by atoms with Gasteiger partial charge in [-0.3, -0.25) is 9.59 Å². The molecule has 0 radical (unpaired) electrons. The molecule has 3 fully saturated rings. The molecule has 3 aliphatic rings. The molecule has 32 heavy (non-hydrogen) atoms. The van der Waals surface area contributed by atoms with Crippen molar-refractivity contribution in [2.75, 3.05) is 31.1 Å². The van der Waals surface area contributed by atoms with E-state index >= 15 is 0 Å². The number of anilines is 1. The molecule has 1 unspecified atom stereocenters. The average Bonchev–Trinajstić information content (AvgIpc) is 3.10. The number of carbonyl (C=O) groups excluding carboxylic acids is 2. The molecule has 4 atom stereocenters. The molecule has 7 heteroatoms. The predicted molar refractivity (Wildman–Crippen MR) is 141 cm³/mol. The van der Waals surface area contributed by atoms with Gasteiger partial charge in [-0.2, -0.15) is 0 Å². The minimum Gasteiger partial charge on any atom is -0.457 e. The Morgan fingerprint density at radius 3 is 2.41 bits per heavy atom. The van der Waals surface area contributed by atoms with Crippen LogP contribution in [-0.4, -0.2) is 48.6 Å². The summed E-state index contributed by atoms with van der Waals surface area (Å²) in [4.78, 5) is 30.6. The lowest BCUT2D eigenvalue weighted by molar-refractivity contribution is -0.151. The number of hydrogen-bond acceptors (Lipinski definition) is 4. The molecule has 2 aliphatic heterocycles. The molecule has 2 saturated heterocycles. The van der Waals surface area contributed by atoms with E-state index in [2.05, 4.69) is 86.5 Å². The second kappa shape index (κ2) is 9.12. The summed E-state index contributed by atoms with van der Waals surface area (Å²) in [6, 6.07) is 18.8. The standard InChI is InChI=1S/C25H26I2N2O3/c26-18-6-8-19(9-7-18)28-12-14-29(15-13-28)23(30)20-10-11-25(16-21(20)24(31)32-25)22(27)17-4-2-1-3-5-17/h1-9,20-22H,10-16H2/t20-,21-,22?,25-/m0/s1. The average molecular weight is 656 g/mol. The number of ether oxygens (including phenoxy) is 1. The normalized spacial score (nSPS) is 28.4. The number of esters is 1. The first kappa shape index (κ1) is 22.4. The highest BCUT2D eigenvalue weighted by Crippen LogP contribution is 2.54. The lowest BCUT2D eigenvalue weighted by atomic mass is 9.71. The van der Waals surface area contributed by atoms with Crippen LogP contribution < -0.4 is 4.90 Å². The molecule has 5 rings (SSSR count). The van der Waals surface area contributed by atoms with Gasteiger partial charge in [-0.05, 0) is 65.3 Å². The van der Waals surface area contributed by atoms with E-state index < -0.39 is 5.60 Å².